The Labute approximate surface area is 75.3 Å². The van der Waals surface area contributed by atoms with Crippen molar-refractivity contribution in [3.05, 3.63) is 0 Å². The van der Waals surface area contributed by atoms with Crippen LogP contribution in [-0.2, 0) is 9.05 Å². The zero-order valence-electron chi connectivity index (χ0n) is 6.63. The van der Waals surface area contributed by atoms with Crippen molar-refractivity contribution in [1.29, 1.82) is 0 Å². The second-order valence-corrected chi connectivity index (χ2v) is 5.43. The summed E-state index contributed by atoms with van der Waals surface area (Å²) < 4.78 is 44.6. The molecule has 0 spiro atoms. The van der Waals surface area contributed by atoms with E-state index in [1.54, 1.807) is 6.92 Å². The van der Waals surface area contributed by atoms with Gasteiger partial charge in [0, 0.05) is 17.1 Å². The number of hydrogen-bond acceptors (Lipinski definition) is 2. The first kappa shape index (κ1) is 12.1. The zero-order chi connectivity index (χ0) is 9.78. The fraction of sp³-hybridized carbons (Fsp3) is 1.00. The highest BCUT2D eigenvalue weighted by atomic mass is 35.7. The smallest absolute Gasteiger partial charge is 0.212 e. The van der Waals surface area contributed by atoms with Gasteiger partial charge in [0.15, 0.2) is 0 Å². The molecule has 6 heteroatoms. The first-order valence-electron chi connectivity index (χ1n) is 3.55. The van der Waals surface area contributed by atoms with Gasteiger partial charge in [-0.15, -0.1) is 0 Å². The Morgan fingerprint density at radius 3 is 2.17 bits per heavy atom. The normalized spacial score (nSPS) is 15.1. The van der Waals surface area contributed by atoms with Crippen molar-refractivity contribution in [2.75, 3.05) is 5.75 Å². The Kier molecular flexibility index (Phi) is 5.01. The average molecular weight is 221 g/mol. The second-order valence-electron chi connectivity index (χ2n) is 2.61. The maximum atomic E-state index is 11.8. The van der Waals surface area contributed by atoms with Crippen LogP contribution in [0, 0.1) is 5.92 Å². The molecule has 2 nitrogen and oxygen atoms in total. The second kappa shape index (κ2) is 4.97. The van der Waals surface area contributed by atoms with Crippen LogP contribution < -0.4 is 0 Å². The van der Waals surface area contributed by atoms with Crippen molar-refractivity contribution in [3.8, 4) is 0 Å². The van der Waals surface area contributed by atoms with Crippen LogP contribution in [0.1, 0.15) is 19.8 Å². The lowest BCUT2D eigenvalue weighted by Crippen LogP contribution is -2.14. The molecule has 0 aliphatic heterocycles. The largest absolute Gasteiger partial charge is 0.238 e. The fourth-order valence-corrected chi connectivity index (χ4v) is 2.36. The van der Waals surface area contributed by atoms with Gasteiger partial charge in [0.2, 0.25) is 15.5 Å². The maximum Gasteiger partial charge on any atom is 0.238 e. The summed E-state index contributed by atoms with van der Waals surface area (Å²) in [5, 5.41) is 0. The Morgan fingerprint density at radius 1 is 1.42 bits per heavy atom. The summed E-state index contributed by atoms with van der Waals surface area (Å²) in [5.41, 5.74) is 0. The molecule has 1 unspecified atom stereocenters. The van der Waals surface area contributed by atoms with Crippen LogP contribution in [-0.4, -0.2) is 20.6 Å². The molecule has 0 aromatic heterocycles. The third-order valence-corrected chi connectivity index (χ3v) is 2.77. The summed E-state index contributed by atoms with van der Waals surface area (Å²) in [6.45, 7) is 1.66. The highest BCUT2D eigenvalue weighted by Gasteiger charge is 2.19. The molecule has 0 saturated carbocycles. The van der Waals surface area contributed by atoms with E-state index in [2.05, 4.69) is 0 Å². The lowest BCUT2D eigenvalue weighted by atomic mass is 10.1. The molecule has 0 aromatic rings. The standard InChI is InChI=1S/C6H11ClF2O2S/c1-2-5(3-6(8)9)4-12(7,10)11/h5-6H,2-4H2,1H3. The SMILES string of the molecule is CCC(CC(F)F)CS(=O)(=O)Cl. The number of hydrogen-bond donors (Lipinski definition) is 0. The van der Waals surface area contributed by atoms with Crippen LogP contribution in [0.3, 0.4) is 0 Å². The lowest BCUT2D eigenvalue weighted by molar-refractivity contribution is 0.118. The van der Waals surface area contributed by atoms with E-state index in [9.17, 15) is 17.2 Å². The van der Waals surface area contributed by atoms with E-state index in [1.165, 1.54) is 0 Å². The van der Waals surface area contributed by atoms with Gasteiger partial charge in [-0.05, 0) is 5.92 Å². The number of alkyl halides is 2. The summed E-state index contributed by atoms with van der Waals surface area (Å²) in [7, 11) is 1.28. The van der Waals surface area contributed by atoms with Crippen molar-refractivity contribution in [2.45, 2.75) is 26.2 Å². The minimum atomic E-state index is -3.64. The van der Waals surface area contributed by atoms with E-state index < -0.39 is 27.8 Å². The minimum Gasteiger partial charge on any atom is -0.212 e. The van der Waals surface area contributed by atoms with E-state index in [0.717, 1.165) is 0 Å². The molecule has 74 valence electrons. The highest BCUT2D eigenvalue weighted by molar-refractivity contribution is 8.13. The van der Waals surface area contributed by atoms with Crippen LogP contribution in [0.4, 0.5) is 8.78 Å². The molecule has 0 heterocycles. The maximum absolute atomic E-state index is 11.8. The molecule has 1 atom stereocenters. The van der Waals surface area contributed by atoms with Crippen molar-refractivity contribution < 1.29 is 17.2 Å². The number of halogens is 3. The minimum absolute atomic E-state index is 0.366. The van der Waals surface area contributed by atoms with Crippen molar-refractivity contribution in [2.24, 2.45) is 5.92 Å². The van der Waals surface area contributed by atoms with Gasteiger partial charge in [-0.1, -0.05) is 13.3 Å². The monoisotopic (exact) mass is 220 g/mol. The van der Waals surface area contributed by atoms with Crippen molar-refractivity contribution >= 4 is 19.7 Å². The van der Waals surface area contributed by atoms with Crippen LogP contribution in [0.15, 0.2) is 0 Å². The summed E-state index contributed by atoms with van der Waals surface area (Å²) in [6.07, 6.45) is -2.47. The average Bonchev–Trinajstić information content (AvgIpc) is 1.82. The van der Waals surface area contributed by atoms with Crippen LogP contribution in [0.2, 0.25) is 0 Å². The first-order valence-corrected chi connectivity index (χ1v) is 6.03. The van der Waals surface area contributed by atoms with Crippen molar-refractivity contribution in [1.82, 2.24) is 0 Å². The van der Waals surface area contributed by atoms with Gasteiger partial charge in [-0.3, -0.25) is 0 Å². The van der Waals surface area contributed by atoms with Crippen LogP contribution >= 0.6 is 10.7 Å². The molecule has 0 aliphatic rings. The molecular weight excluding hydrogens is 210 g/mol. The van der Waals surface area contributed by atoms with Gasteiger partial charge >= 0.3 is 0 Å². The molecule has 0 N–H and O–H groups in total. The molecular formula is C6H11ClF2O2S. The van der Waals surface area contributed by atoms with E-state index in [0.29, 0.717) is 6.42 Å². The Hall–Kier alpha value is 0.1000. The van der Waals surface area contributed by atoms with Crippen molar-refractivity contribution in [3.63, 3.8) is 0 Å². The summed E-state index contributed by atoms with van der Waals surface area (Å²) in [4.78, 5) is 0. The van der Waals surface area contributed by atoms with Gasteiger partial charge in [-0.25, -0.2) is 17.2 Å². The first-order chi connectivity index (χ1) is 5.35. The van der Waals surface area contributed by atoms with Gasteiger partial charge < -0.3 is 0 Å². The Bertz CT molecular complexity index is 216. The molecule has 0 saturated heterocycles. The summed E-state index contributed by atoms with van der Waals surface area (Å²) in [5.74, 6) is -0.900. The molecule has 0 fully saturated rings. The summed E-state index contributed by atoms with van der Waals surface area (Å²) >= 11 is 0. The van der Waals surface area contributed by atoms with E-state index in [-0.39, 0.29) is 5.75 Å². The highest BCUT2D eigenvalue weighted by Crippen LogP contribution is 2.17. The third-order valence-electron chi connectivity index (χ3n) is 1.52. The third kappa shape index (κ3) is 6.79. The van der Waals surface area contributed by atoms with E-state index in [1.807, 2.05) is 0 Å². The predicted octanol–water partition coefficient (Wildman–Crippen LogP) is 2.24. The van der Waals surface area contributed by atoms with Gasteiger partial charge in [0.25, 0.3) is 0 Å². The molecule has 0 bridgehead atoms. The van der Waals surface area contributed by atoms with Gasteiger partial charge in [-0.2, -0.15) is 0 Å². The molecule has 12 heavy (non-hydrogen) atoms. The molecule has 0 aromatic carbocycles. The Morgan fingerprint density at radius 2 is 1.92 bits per heavy atom. The van der Waals surface area contributed by atoms with E-state index in [4.69, 9.17) is 10.7 Å². The predicted molar refractivity (Wildman–Crippen MR) is 44.0 cm³/mol. The quantitative estimate of drug-likeness (QED) is 0.666. The van der Waals surface area contributed by atoms with Crippen LogP contribution in [0.25, 0.3) is 0 Å². The van der Waals surface area contributed by atoms with Crippen LogP contribution in [0.5, 0.6) is 0 Å². The molecule has 0 radical (unpaired) electrons. The lowest BCUT2D eigenvalue weighted by Gasteiger charge is -2.10. The topological polar surface area (TPSA) is 34.1 Å². The Balaban J connectivity index is 4.01. The van der Waals surface area contributed by atoms with Gasteiger partial charge in [0.05, 0.1) is 5.75 Å². The molecule has 0 amide bonds. The fourth-order valence-electron chi connectivity index (χ4n) is 0.886. The van der Waals surface area contributed by atoms with E-state index >= 15 is 0 Å². The number of rotatable bonds is 5. The summed E-state index contributed by atoms with van der Waals surface area (Å²) in [6, 6.07) is 0. The van der Waals surface area contributed by atoms with Gasteiger partial charge in [0.1, 0.15) is 0 Å². The molecule has 0 rings (SSSR count). The zero-order valence-corrected chi connectivity index (χ0v) is 8.21. The molecule has 0 aliphatic carbocycles.